The molecule has 0 aliphatic heterocycles. The Hall–Kier alpha value is -1.58. The van der Waals surface area contributed by atoms with E-state index in [9.17, 15) is 0 Å². The number of nitrogens with zero attached hydrogens (tertiary/aromatic N) is 4. The number of hydrogen-bond donors (Lipinski definition) is 0. The second kappa shape index (κ2) is 20.4. The minimum absolute atomic E-state index is 1.13. The molecular formula is C33H62N4+2. The summed E-state index contributed by atoms with van der Waals surface area (Å²) in [6, 6.07) is 0. The molecule has 0 aromatic carbocycles. The van der Waals surface area contributed by atoms with Gasteiger partial charge in [0.05, 0.1) is 26.2 Å². The largest absolute Gasteiger partial charge is 0.373 e. The van der Waals surface area contributed by atoms with Crippen molar-refractivity contribution in [3.05, 3.63) is 24.8 Å². The van der Waals surface area contributed by atoms with Crippen LogP contribution in [0.5, 0.6) is 0 Å². The Kier molecular flexibility index (Phi) is 17.4. The molecule has 2 aromatic heterocycles. The fraction of sp³-hybridized carbons (Fsp3) is 0.818. The maximum absolute atomic E-state index is 2.59. The Bertz CT molecular complexity index is 803. The first kappa shape index (κ1) is 31.6. The van der Waals surface area contributed by atoms with E-state index in [0.29, 0.717) is 0 Å². The summed E-state index contributed by atoms with van der Waals surface area (Å²) < 4.78 is 10.3. The molecular weight excluding hydrogens is 452 g/mol. The van der Waals surface area contributed by atoms with Crippen LogP contribution in [0.2, 0.25) is 0 Å². The van der Waals surface area contributed by atoms with Gasteiger partial charge >= 0.3 is 11.6 Å². The Labute approximate surface area is 230 Å². The smallest absolute Gasteiger partial charge is 0.223 e. The van der Waals surface area contributed by atoms with Gasteiger partial charge in [0.1, 0.15) is 24.8 Å². The standard InChI is InChI=1S/C33H62N4/c1-5-9-13-16-18-22-26-36-29-28-34(24-20-12-8-4)32(36)33-35(25-21-15-11-7-3)30-31-37(33)27-23-19-17-14-10-6-2/h28-31H,5-27H2,1-4H3/q+2. The third-order valence-corrected chi connectivity index (χ3v) is 7.90. The molecule has 212 valence electrons. The van der Waals surface area contributed by atoms with E-state index in [1.54, 1.807) is 0 Å². The summed E-state index contributed by atoms with van der Waals surface area (Å²) >= 11 is 0. The first-order valence-corrected chi connectivity index (χ1v) is 16.4. The van der Waals surface area contributed by atoms with Crippen molar-refractivity contribution in [3.63, 3.8) is 0 Å². The molecule has 2 aromatic rings. The van der Waals surface area contributed by atoms with Gasteiger partial charge in [0.15, 0.2) is 0 Å². The Morgan fingerprint density at radius 2 is 0.757 bits per heavy atom. The van der Waals surface area contributed by atoms with E-state index in [-0.39, 0.29) is 0 Å². The first-order chi connectivity index (χ1) is 18.3. The molecule has 0 unspecified atom stereocenters. The van der Waals surface area contributed by atoms with Crippen LogP contribution < -0.4 is 9.13 Å². The lowest BCUT2D eigenvalue weighted by molar-refractivity contribution is -0.715. The highest BCUT2D eigenvalue weighted by atomic mass is 15.2. The number of unbranched alkanes of at least 4 members (excludes halogenated alkanes) is 15. The van der Waals surface area contributed by atoms with Gasteiger partial charge in [0.25, 0.3) is 0 Å². The van der Waals surface area contributed by atoms with Gasteiger partial charge in [-0.3, -0.25) is 0 Å². The SMILES string of the molecule is CCCCCCCCn1cc[n+](CCCCC)c1-c1n(CCCCCC)cc[n+]1CCCCCCCC. The summed E-state index contributed by atoms with van der Waals surface area (Å²) in [5.41, 5.74) is 0. The van der Waals surface area contributed by atoms with Gasteiger partial charge in [-0.25, -0.2) is 18.3 Å². The van der Waals surface area contributed by atoms with Gasteiger partial charge < -0.3 is 0 Å². The summed E-state index contributed by atoms with van der Waals surface area (Å²) in [5.74, 6) is 2.88. The fourth-order valence-electron chi connectivity index (χ4n) is 5.54. The van der Waals surface area contributed by atoms with Crippen molar-refractivity contribution in [1.82, 2.24) is 9.13 Å². The zero-order valence-electron chi connectivity index (χ0n) is 25.4. The van der Waals surface area contributed by atoms with Gasteiger partial charge in [-0.05, 0) is 51.4 Å². The summed E-state index contributed by atoms with van der Waals surface area (Å²) in [5, 5.41) is 0. The minimum atomic E-state index is 1.13. The topological polar surface area (TPSA) is 17.6 Å². The second-order valence-corrected chi connectivity index (χ2v) is 11.3. The van der Waals surface area contributed by atoms with Crippen LogP contribution in [0.15, 0.2) is 24.8 Å². The number of hydrogen-bond acceptors (Lipinski definition) is 0. The van der Waals surface area contributed by atoms with Crippen LogP contribution in [-0.4, -0.2) is 9.13 Å². The molecule has 0 aliphatic carbocycles. The Morgan fingerprint density at radius 1 is 0.432 bits per heavy atom. The van der Waals surface area contributed by atoms with E-state index in [0.717, 1.165) is 26.2 Å². The summed E-state index contributed by atoms with van der Waals surface area (Å²) in [6.07, 6.45) is 34.9. The van der Waals surface area contributed by atoms with Crippen molar-refractivity contribution in [2.75, 3.05) is 0 Å². The highest BCUT2D eigenvalue weighted by molar-refractivity contribution is 5.36. The molecule has 4 nitrogen and oxygen atoms in total. The lowest BCUT2D eigenvalue weighted by Crippen LogP contribution is -2.43. The van der Waals surface area contributed by atoms with E-state index in [2.05, 4.69) is 70.8 Å². The Balaban J connectivity index is 2.24. The molecule has 0 saturated carbocycles. The van der Waals surface area contributed by atoms with E-state index in [4.69, 9.17) is 0 Å². The lowest BCUT2D eigenvalue weighted by Gasteiger charge is -2.08. The van der Waals surface area contributed by atoms with Crippen LogP contribution in [0, 0.1) is 0 Å². The van der Waals surface area contributed by atoms with Crippen molar-refractivity contribution in [1.29, 1.82) is 0 Å². The molecule has 0 radical (unpaired) electrons. The summed E-state index contributed by atoms with van der Waals surface area (Å²) in [6.45, 7) is 13.8. The van der Waals surface area contributed by atoms with Crippen LogP contribution in [0.1, 0.15) is 150 Å². The van der Waals surface area contributed by atoms with E-state index >= 15 is 0 Å². The van der Waals surface area contributed by atoms with Crippen LogP contribution in [0.25, 0.3) is 11.6 Å². The molecule has 0 N–H and O–H groups in total. The summed E-state index contributed by atoms with van der Waals surface area (Å²) in [7, 11) is 0. The first-order valence-electron chi connectivity index (χ1n) is 16.4. The number of imidazole rings is 2. The van der Waals surface area contributed by atoms with Crippen molar-refractivity contribution < 1.29 is 9.13 Å². The molecule has 0 bridgehead atoms. The van der Waals surface area contributed by atoms with Gasteiger partial charge in [0.2, 0.25) is 0 Å². The van der Waals surface area contributed by atoms with E-state index in [1.165, 1.54) is 134 Å². The van der Waals surface area contributed by atoms with Crippen molar-refractivity contribution in [2.45, 2.75) is 176 Å². The van der Waals surface area contributed by atoms with Crippen molar-refractivity contribution in [2.24, 2.45) is 0 Å². The third kappa shape index (κ3) is 11.8. The monoisotopic (exact) mass is 514 g/mol. The number of aromatic nitrogens is 4. The van der Waals surface area contributed by atoms with Crippen LogP contribution in [-0.2, 0) is 26.2 Å². The van der Waals surface area contributed by atoms with Gasteiger partial charge in [-0.15, -0.1) is 0 Å². The lowest BCUT2D eigenvalue weighted by atomic mass is 10.1. The zero-order valence-corrected chi connectivity index (χ0v) is 25.4. The van der Waals surface area contributed by atoms with Gasteiger partial charge in [-0.1, -0.05) is 98.3 Å². The fourth-order valence-corrected chi connectivity index (χ4v) is 5.54. The van der Waals surface area contributed by atoms with Crippen molar-refractivity contribution in [3.8, 4) is 11.6 Å². The maximum atomic E-state index is 2.59. The molecule has 2 rings (SSSR count). The average molecular weight is 515 g/mol. The minimum Gasteiger partial charge on any atom is -0.223 e. The molecule has 0 atom stereocenters. The van der Waals surface area contributed by atoms with Crippen LogP contribution in [0.3, 0.4) is 0 Å². The zero-order chi connectivity index (χ0) is 26.6. The normalized spacial score (nSPS) is 11.6. The van der Waals surface area contributed by atoms with Crippen molar-refractivity contribution >= 4 is 0 Å². The highest BCUT2D eigenvalue weighted by Gasteiger charge is 2.32. The summed E-state index contributed by atoms with van der Waals surface area (Å²) in [4.78, 5) is 0. The van der Waals surface area contributed by atoms with Gasteiger partial charge in [0, 0.05) is 0 Å². The van der Waals surface area contributed by atoms with Gasteiger partial charge in [-0.2, -0.15) is 0 Å². The Morgan fingerprint density at radius 3 is 1.22 bits per heavy atom. The molecule has 0 aliphatic rings. The average Bonchev–Trinajstić information content (AvgIpc) is 3.49. The molecule has 37 heavy (non-hydrogen) atoms. The third-order valence-electron chi connectivity index (χ3n) is 7.90. The predicted octanol–water partition coefficient (Wildman–Crippen LogP) is 9.02. The molecule has 0 fully saturated rings. The molecule has 4 heteroatoms. The van der Waals surface area contributed by atoms with E-state index < -0.39 is 0 Å². The molecule has 2 heterocycles. The molecule has 0 saturated heterocycles. The number of aryl methyl sites for hydroxylation is 4. The second-order valence-electron chi connectivity index (χ2n) is 11.3. The van der Waals surface area contributed by atoms with Crippen LogP contribution in [0.4, 0.5) is 0 Å². The van der Waals surface area contributed by atoms with E-state index in [1.807, 2.05) is 0 Å². The predicted molar refractivity (Wildman–Crippen MR) is 159 cm³/mol. The highest BCUT2D eigenvalue weighted by Crippen LogP contribution is 2.18. The molecule has 0 spiro atoms. The maximum Gasteiger partial charge on any atom is 0.373 e. The number of rotatable bonds is 24. The quantitative estimate of drug-likeness (QED) is 0.0982. The van der Waals surface area contributed by atoms with Crippen LogP contribution >= 0.6 is 0 Å². The molecule has 0 amide bonds.